The molecule has 3 aromatic rings. The van der Waals surface area contributed by atoms with Gasteiger partial charge in [-0.15, -0.1) is 0 Å². The van der Waals surface area contributed by atoms with Crippen molar-refractivity contribution in [1.29, 1.82) is 5.41 Å². The zero-order valence-corrected chi connectivity index (χ0v) is 20.1. The van der Waals surface area contributed by atoms with Gasteiger partial charge < -0.3 is 15.4 Å². The van der Waals surface area contributed by atoms with Gasteiger partial charge in [-0.25, -0.2) is 23.4 Å². The predicted molar refractivity (Wildman–Crippen MR) is 133 cm³/mol. The van der Waals surface area contributed by atoms with Crippen LogP contribution in [0.3, 0.4) is 0 Å². The van der Waals surface area contributed by atoms with E-state index in [-0.39, 0.29) is 16.5 Å². The van der Waals surface area contributed by atoms with E-state index in [4.69, 9.17) is 15.1 Å². The Morgan fingerprint density at radius 3 is 2.74 bits per heavy atom. The van der Waals surface area contributed by atoms with Crippen LogP contribution in [0.25, 0.3) is 22.3 Å². The summed E-state index contributed by atoms with van der Waals surface area (Å²) in [4.78, 5) is 17.9. The second kappa shape index (κ2) is 9.34. The predicted octanol–water partition coefficient (Wildman–Crippen LogP) is 3.05. The van der Waals surface area contributed by atoms with Gasteiger partial charge >= 0.3 is 0 Å². The fourth-order valence-electron chi connectivity index (χ4n) is 3.27. The highest BCUT2D eigenvalue weighted by Crippen LogP contribution is 2.41. The normalized spacial score (nSPS) is 15.7. The van der Waals surface area contributed by atoms with Crippen molar-refractivity contribution in [2.45, 2.75) is 43.2 Å². The van der Waals surface area contributed by atoms with Crippen LogP contribution in [0.4, 0.5) is 5.95 Å². The lowest BCUT2D eigenvalue weighted by atomic mass is 10.1. The summed E-state index contributed by atoms with van der Waals surface area (Å²) in [6.07, 6.45) is 5.47. The molecular weight excluding hydrogens is 454 g/mol. The molecule has 1 atom stereocenters. The van der Waals surface area contributed by atoms with Crippen LogP contribution in [0.1, 0.15) is 26.7 Å². The number of sulfone groups is 1. The lowest BCUT2D eigenvalue weighted by Crippen LogP contribution is -2.30. The van der Waals surface area contributed by atoms with Gasteiger partial charge in [0.1, 0.15) is 11.9 Å². The number of anilines is 1. The maximum absolute atomic E-state index is 12.0. The van der Waals surface area contributed by atoms with Gasteiger partial charge in [0, 0.05) is 24.4 Å². The molecule has 0 amide bonds. The second-order valence-corrected chi connectivity index (χ2v) is 10.6. The van der Waals surface area contributed by atoms with Crippen molar-refractivity contribution in [3.63, 3.8) is 0 Å². The number of pyridine rings is 1. The van der Waals surface area contributed by atoms with Gasteiger partial charge in [0.2, 0.25) is 11.8 Å². The highest BCUT2D eigenvalue weighted by molar-refractivity contribution is 7.90. The van der Waals surface area contributed by atoms with Gasteiger partial charge in [-0.05, 0) is 51.0 Å². The SMILES string of the molecule is C[C@H](CN/C=N\C=N)Nc1nc(OC2(C)CC2)c2nc(-c3cccc(S(C)(=O)=O)c3)ccc2n1. The number of benzene rings is 1. The Kier molecular flexibility index (Phi) is 6.47. The Labute approximate surface area is 198 Å². The van der Waals surface area contributed by atoms with E-state index in [2.05, 4.69) is 25.6 Å². The fraction of sp³-hybridized carbons (Fsp3) is 0.348. The van der Waals surface area contributed by atoms with E-state index in [1.165, 1.54) is 12.6 Å². The number of rotatable bonds is 10. The van der Waals surface area contributed by atoms with Crippen molar-refractivity contribution in [2.24, 2.45) is 4.99 Å². The van der Waals surface area contributed by atoms with Crippen LogP contribution in [0, 0.1) is 5.41 Å². The molecule has 0 bridgehead atoms. The molecule has 10 nitrogen and oxygen atoms in total. The summed E-state index contributed by atoms with van der Waals surface area (Å²) in [6.45, 7) is 4.56. The summed E-state index contributed by atoms with van der Waals surface area (Å²) in [5.41, 5.74) is 2.15. The zero-order chi connectivity index (χ0) is 24.3. The molecule has 0 saturated heterocycles. The highest BCUT2D eigenvalue weighted by atomic mass is 32.2. The number of fused-ring (bicyclic) bond motifs is 1. The third kappa shape index (κ3) is 5.66. The minimum Gasteiger partial charge on any atom is -0.470 e. The van der Waals surface area contributed by atoms with Crippen LogP contribution >= 0.6 is 0 Å². The van der Waals surface area contributed by atoms with Gasteiger partial charge in [0.25, 0.3) is 0 Å². The van der Waals surface area contributed by atoms with E-state index >= 15 is 0 Å². The number of aliphatic imine (C=N–C) groups is 1. The van der Waals surface area contributed by atoms with Crippen LogP contribution in [0.5, 0.6) is 5.88 Å². The van der Waals surface area contributed by atoms with Crippen molar-refractivity contribution in [1.82, 2.24) is 20.3 Å². The van der Waals surface area contributed by atoms with E-state index in [1.807, 2.05) is 32.0 Å². The molecule has 0 unspecified atom stereocenters. The molecule has 0 aliphatic heterocycles. The van der Waals surface area contributed by atoms with Crippen molar-refractivity contribution in [3.05, 3.63) is 36.4 Å². The molecule has 178 valence electrons. The van der Waals surface area contributed by atoms with E-state index in [0.29, 0.717) is 40.7 Å². The van der Waals surface area contributed by atoms with Gasteiger partial charge in [0.15, 0.2) is 15.4 Å². The van der Waals surface area contributed by atoms with Crippen LogP contribution in [-0.4, -0.2) is 60.5 Å². The van der Waals surface area contributed by atoms with E-state index in [9.17, 15) is 8.42 Å². The first kappa shape index (κ1) is 23.6. The number of ether oxygens (including phenoxy) is 1. The molecule has 1 aliphatic rings. The molecule has 1 aromatic carbocycles. The smallest absolute Gasteiger partial charge is 0.246 e. The summed E-state index contributed by atoms with van der Waals surface area (Å²) in [5, 5.41) is 13.2. The minimum absolute atomic E-state index is 0.0232. The maximum atomic E-state index is 12.0. The van der Waals surface area contributed by atoms with Crippen LogP contribution < -0.4 is 15.4 Å². The maximum Gasteiger partial charge on any atom is 0.246 e. The third-order valence-electron chi connectivity index (χ3n) is 5.41. The van der Waals surface area contributed by atoms with Gasteiger partial charge in [-0.2, -0.15) is 4.98 Å². The summed E-state index contributed by atoms with van der Waals surface area (Å²) in [5.74, 6) is 0.804. The molecule has 2 heterocycles. The molecule has 0 spiro atoms. The fourth-order valence-corrected chi connectivity index (χ4v) is 3.94. The highest BCUT2D eigenvalue weighted by Gasteiger charge is 2.41. The topological polar surface area (TPSA) is 142 Å². The average molecular weight is 482 g/mol. The van der Waals surface area contributed by atoms with Gasteiger partial charge in [0.05, 0.1) is 22.4 Å². The molecule has 0 radical (unpaired) electrons. The summed E-state index contributed by atoms with van der Waals surface area (Å²) in [7, 11) is -3.34. The Hall–Kier alpha value is -3.60. The molecule has 4 rings (SSSR count). The van der Waals surface area contributed by atoms with E-state index < -0.39 is 9.84 Å². The first-order valence-electron chi connectivity index (χ1n) is 10.9. The molecular formula is C23H27N7O3S. The van der Waals surface area contributed by atoms with Crippen molar-refractivity contribution in [2.75, 3.05) is 18.1 Å². The van der Waals surface area contributed by atoms with Crippen LogP contribution in [-0.2, 0) is 9.84 Å². The lowest BCUT2D eigenvalue weighted by molar-refractivity contribution is 0.194. The summed E-state index contributed by atoms with van der Waals surface area (Å²) >= 11 is 0. The molecule has 11 heteroatoms. The number of aromatic nitrogens is 3. The summed E-state index contributed by atoms with van der Waals surface area (Å²) in [6, 6.07) is 10.3. The number of nitrogens with zero attached hydrogens (tertiary/aromatic N) is 4. The third-order valence-corrected chi connectivity index (χ3v) is 6.52. The number of hydrogen-bond donors (Lipinski definition) is 3. The Morgan fingerprint density at radius 1 is 1.24 bits per heavy atom. The Morgan fingerprint density at radius 2 is 2.03 bits per heavy atom. The quantitative estimate of drug-likeness (QED) is 0.296. The van der Waals surface area contributed by atoms with Gasteiger partial charge in [-0.3, -0.25) is 5.41 Å². The molecule has 1 fully saturated rings. The van der Waals surface area contributed by atoms with Crippen molar-refractivity contribution >= 4 is 39.5 Å². The molecule has 34 heavy (non-hydrogen) atoms. The summed E-state index contributed by atoms with van der Waals surface area (Å²) < 4.78 is 30.2. The standard InChI is InChI=1S/C23H27N7O3S/c1-15(12-25-14-26-13-24)27-22-29-19-8-7-18(16-5-4-6-17(11-16)34(3,31)32)28-20(19)21(30-22)33-23(2)9-10-23/h4-8,11,13-15H,9-10,12H2,1-3H3,(H2,24,25,26)(H,27,29,30)/t15-/m1/s1. The van der Waals surface area contributed by atoms with E-state index in [1.54, 1.807) is 18.2 Å². The van der Waals surface area contributed by atoms with Gasteiger partial charge in [-0.1, -0.05) is 12.1 Å². The molecule has 1 saturated carbocycles. The largest absolute Gasteiger partial charge is 0.470 e. The van der Waals surface area contributed by atoms with Crippen LogP contribution in [0.15, 0.2) is 46.3 Å². The first-order valence-corrected chi connectivity index (χ1v) is 12.7. The minimum atomic E-state index is -3.34. The van der Waals surface area contributed by atoms with E-state index in [0.717, 1.165) is 19.2 Å². The number of hydrogen-bond acceptors (Lipinski definition) is 8. The zero-order valence-electron chi connectivity index (χ0n) is 19.2. The molecule has 2 aromatic heterocycles. The molecule has 3 N–H and O–H groups in total. The monoisotopic (exact) mass is 481 g/mol. The second-order valence-electron chi connectivity index (χ2n) is 8.63. The molecule has 1 aliphatic carbocycles. The van der Waals surface area contributed by atoms with Crippen molar-refractivity contribution < 1.29 is 13.2 Å². The average Bonchev–Trinajstić information content (AvgIpc) is 3.52. The number of nitrogens with one attached hydrogen (secondary N) is 3. The lowest BCUT2D eigenvalue weighted by Gasteiger charge is -2.17. The Bertz CT molecular complexity index is 1350. The van der Waals surface area contributed by atoms with Crippen LogP contribution in [0.2, 0.25) is 0 Å². The Balaban J connectivity index is 1.68. The van der Waals surface area contributed by atoms with Crippen molar-refractivity contribution in [3.8, 4) is 17.1 Å². The first-order chi connectivity index (χ1) is 16.2.